The van der Waals surface area contributed by atoms with E-state index >= 15 is 0 Å². The zero-order valence-electron chi connectivity index (χ0n) is 5.83. The second kappa shape index (κ2) is 3.62. The first-order chi connectivity index (χ1) is 4.79. The molecule has 1 radical (unpaired) electrons. The average Bonchev–Trinajstić information content (AvgIpc) is 1.88. The van der Waals surface area contributed by atoms with Gasteiger partial charge in [-0.05, 0) is 11.3 Å². The van der Waals surface area contributed by atoms with E-state index < -0.39 is 0 Å². The lowest BCUT2D eigenvalue weighted by molar-refractivity contribution is -0.109. The Morgan fingerprint density at radius 2 is 2.50 bits per heavy atom. The van der Waals surface area contributed by atoms with Crippen LogP contribution in [-0.4, -0.2) is 5.12 Å². The third-order valence-corrected chi connectivity index (χ3v) is 1.94. The molecule has 2 heteroatoms. The summed E-state index contributed by atoms with van der Waals surface area (Å²) in [6.07, 6.45) is 8.99. The maximum Gasteiger partial charge on any atom is 0.190 e. The van der Waals surface area contributed by atoms with Crippen molar-refractivity contribution in [1.82, 2.24) is 0 Å². The van der Waals surface area contributed by atoms with Crippen LogP contribution < -0.4 is 0 Å². The van der Waals surface area contributed by atoms with Gasteiger partial charge in [0, 0.05) is 13.3 Å². The van der Waals surface area contributed by atoms with Gasteiger partial charge in [0.15, 0.2) is 5.12 Å². The van der Waals surface area contributed by atoms with E-state index in [-0.39, 0.29) is 5.12 Å². The number of hydrogen-bond donors (Lipinski definition) is 0. The van der Waals surface area contributed by atoms with Crippen molar-refractivity contribution < 1.29 is 4.79 Å². The summed E-state index contributed by atoms with van der Waals surface area (Å²) < 4.78 is 0. The molecule has 1 aliphatic rings. The first kappa shape index (κ1) is 7.61. The Morgan fingerprint density at radius 3 is 3.00 bits per heavy atom. The monoisotopic (exact) mass is 153 g/mol. The molecular formula is C8H9OS. The van der Waals surface area contributed by atoms with Gasteiger partial charge in [0.1, 0.15) is 0 Å². The Bertz CT molecular complexity index is 191. The lowest BCUT2D eigenvalue weighted by Crippen LogP contribution is -1.87. The lowest BCUT2D eigenvalue weighted by atomic mass is 10.2. The van der Waals surface area contributed by atoms with Crippen LogP contribution in [0.4, 0.5) is 0 Å². The van der Waals surface area contributed by atoms with Crippen LogP contribution in [0, 0.1) is 6.42 Å². The standard InChI is InChI=1S/C8H9OS/c1-7(9)10-8-5-3-2-4-6-8/h2-3,5-6H,4H2,1H3. The topological polar surface area (TPSA) is 17.1 Å². The molecule has 0 amide bonds. The van der Waals surface area contributed by atoms with Gasteiger partial charge in [0.2, 0.25) is 0 Å². The molecule has 0 aromatic rings. The predicted octanol–water partition coefficient (Wildman–Crippen LogP) is 2.31. The molecule has 0 saturated carbocycles. The first-order valence-electron chi connectivity index (χ1n) is 3.17. The van der Waals surface area contributed by atoms with E-state index in [9.17, 15) is 4.79 Å². The summed E-state index contributed by atoms with van der Waals surface area (Å²) in [5, 5.41) is 0.151. The fraction of sp³-hybridized carbons (Fsp3) is 0.250. The highest BCUT2D eigenvalue weighted by molar-refractivity contribution is 8.17. The minimum atomic E-state index is 0.151. The van der Waals surface area contributed by atoms with Gasteiger partial charge in [-0.2, -0.15) is 0 Å². The number of allylic oxidation sites excluding steroid dienone is 4. The number of thioether (sulfide) groups is 1. The van der Waals surface area contributed by atoms with Crippen molar-refractivity contribution >= 4 is 16.9 Å². The molecule has 10 heavy (non-hydrogen) atoms. The fourth-order valence-corrected chi connectivity index (χ4v) is 1.39. The van der Waals surface area contributed by atoms with Crippen molar-refractivity contribution in [1.29, 1.82) is 0 Å². The van der Waals surface area contributed by atoms with Crippen LogP contribution in [0.25, 0.3) is 0 Å². The second-order valence-electron chi connectivity index (χ2n) is 2.03. The van der Waals surface area contributed by atoms with Crippen LogP contribution in [0.3, 0.4) is 0 Å². The van der Waals surface area contributed by atoms with Crippen LogP contribution in [0.5, 0.6) is 0 Å². The molecule has 0 N–H and O–H groups in total. The van der Waals surface area contributed by atoms with E-state index in [1.54, 1.807) is 6.92 Å². The van der Waals surface area contributed by atoms with Gasteiger partial charge in [-0.15, -0.1) is 0 Å². The molecule has 0 spiro atoms. The van der Waals surface area contributed by atoms with Crippen LogP contribution in [0.2, 0.25) is 0 Å². The lowest BCUT2D eigenvalue weighted by Gasteiger charge is -2.03. The highest BCUT2D eigenvalue weighted by Gasteiger charge is 2.02. The van der Waals surface area contributed by atoms with E-state index in [1.807, 2.05) is 18.6 Å². The molecule has 1 nitrogen and oxygen atoms in total. The van der Waals surface area contributed by atoms with Crippen molar-refractivity contribution in [2.24, 2.45) is 0 Å². The number of hydrogen-bond acceptors (Lipinski definition) is 2. The Morgan fingerprint density at radius 1 is 1.70 bits per heavy atom. The molecule has 53 valence electrons. The summed E-state index contributed by atoms with van der Waals surface area (Å²) in [5.74, 6) is 0. The van der Waals surface area contributed by atoms with Crippen molar-refractivity contribution in [3.8, 4) is 0 Å². The SMILES string of the molecule is CC(=O)SC1=CC=CC[CH]1. The number of carbonyl (C=O) groups is 1. The van der Waals surface area contributed by atoms with Crippen molar-refractivity contribution in [2.75, 3.05) is 0 Å². The van der Waals surface area contributed by atoms with Crippen molar-refractivity contribution in [2.45, 2.75) is 13.3 Å². The zero-order valence-corrected chi connectivity index (χ0v) is 6.65. The molecule has 0 aromatic heterocycles. The second-order valence-corrected chi connectivity index (χ2v) is 3.28. The summed E-state index contributed by atoms with van der Waals surface area (Å²) in [7, 11) is 0. The maximum atomic E-state index is 10.6. The molecule has 0 bridgehead atoms. The number of carbonyl (C=O) groups excluding carboxylic acids is 1. The molecule has 0 aliphatic heterocycles. The van der Waals surface area contributed by atoms with Gasteiger partial charge in [0.05, 0.1) is 0 Å². The highest BCUT2D eigenvalue weighted by Crippen LogP contribution is 2.23. The van der Waals surface area contributed by atoms with Crippen LogP contribution in [0.1, 0.15) is 13.3 Å². The van der Waals surface area contributed by atoms with Gasteiger partial charge in [-0.1, -0.05) is 30.0 Å². The molecule has 0 heterocycles. The van der Waals surface area contributed by atoms with E-state index in [0.717, 1.165) is 11.3 Å². The molecule has 1 aliphatic carbocycles. The molecular weight excluding hydrogens is 144 g/mol. The Labute approximate surface area is 65.2 Å². The van der Waals surface area contributed by atoms with Crippen LogP contribution >= 0.6 is 11.8 Å². The van der Waals surface area contributed by atoms with E-state index in [4.69, 9.17) is 0 Å². The van der Waals surface area contributed by atoms with Gasteiger partial charge in [0.25, 0.3) is 0 Å². The minimum Gasteiger partial charge on any atom is -0.287 e. The minimum absolute atomic E-state index is 0.151. The average molecular weight is 153 g/mol. The summed E-state index contributed by atoms with van der Waals surface area (Å²) in [6, 6.07) is 0. The summed E-state index contributed by atoms with van der Waals surface area (Å²) in [6.45, 7) is 1.58. The van der Waals surface area contributed by atoms with Gasteiger partial charge in [-0.25, -0.2) is 0 Å². The highest BCUT2D eigenvalue weighted by atomic mass is 32.2. The van der Waals surface area contributed by atoms with Crippen LogP contribution in [0.15, 0.2) is 23.1 Å². The van der Waals surface area contributed by atoms with Crippen LogP contribution in [-0.2, 0) is 4.79 Å². The molecule has 0 saturated heterocycles. The third kappa shape index (κ3) is 2.40. The van der Waals surface area contributed by atoms with Gasteiger partial charge >= 0.3 is 0 Å². The van der Waals surface area contributed by atoms with Gasteiger partial charge in [-0.3, -0.25) is 4.79 Å². The summed E-state index contributed by atoms with van der Waals surface area (Å²) >= 11 is 1.29. The van der Waals surface area contributed by atoms with E-state index in [1.165, 1.54) is 11.8 Å². The molecule has 0 fully saturated rings. The largest absolute Gasteiger partial charge is 0.287 e. The Balaban J connectivity index is 2.47. The third-order valence-electron chi connectivity index (χ3n) is 1.11. The Kier molecular flexibility index (Phi) is 2.75. The first-order valence-corrected chi connectivity index (χ1v) is 3.99. The smallest absolute Gasteiger partial charge is 0.190 e. The summed E-state index contributed by atoms with van der Waals surface area (Å²) in [5.41, 5.74) is 0. The van der Waals surface area contributed by atoms with E-state index in [0.29, 0.717) is 0 Å². The number of rotatable bonds is 1. The fourth-order valence-electron chi connectivity index (χ4n) is 0.735. The molecule has 0 aromatic carbocycles. The maximum absolute atomic E-state index is 10.6. The quantitative estimate of drug-likeness (QED) is 0.575. The summed E-state index contributed by atoms with van der Waals surface area (Å²) in [4.78, 5) is 11.7. The zero-order chi connectivity index (χ0) is 7.40. The Hall–Kier alpha value is -0.500. The molecule has 1 rings (SSSR count). The van der Waals surface area contributed by atoms with Gasteiger partial charge < -0.3 is 0 Å². The normalized spacial score (nSPS) is 16.7. The molecule has 0 unspecified atom stereocenters. The predicted molar refractivity (Wildman–Crippen MR) is 44.4 cm³/mol. The van der Waals surface area contributed by atoms with E-state index in [2.05, 4.69) is 6.08 Å². The molecule has 0 atom stereocenters. The van der Waals surface area contributed by atoms with Crippen molar-refractivity contribution in [3.63, 3.8) is 0 Å². The van der Waals surface area contributed by atoms with Crippen molar-refractivity contribution in [3.05, 3.63) is 29.6 Å².